The highest BCUT2D eigenvalue weighted by molar-refractivity contribution is 5.95. The summed E-state index contributed by atoms with van der Waals surface area (Å²) >= 11 is 0. The zero-order valence-electron chi connectivity index (χ0n) is 14.1. The Balaban J connectivity index is 1.73. The third kappa shape index (κ3) is 2.68. The standard InChI is InChI=1S/C18H16N6O2/c1-26-14-8-15(17-22-21-16-10-20-5-6-23(16)17)24(11-14)18(25)13-4-2-3-12(7-13)9-19/h2-7,10,14-15H,8,11H2,1H3/t14-,15+/m1/s1. The summed E-state index contributed by atoms with van der Waals surface area (Å²) in [7, 11) is 1.64. The maximum Gasteiger partial charge on any atom is 0.254 e. The molecule has 1 amide bonds. The predicted molar refractivity (Wildman–Crippen MR) is 91.1 cm³/mol. The molecule has 0 N–H and O–H groups in total. The molecule has 1 aliphatic rings. The van der Waals surface area contributed by atoms with Crippen molar-refractivity contribution in [2.24, 2.45) is 0 Å². The molecule has 2 atom stereocenters. The number of ether oxygens (including phenoxy) is 1. The van der Waals surface area contributed by atoms with E-state index >= 15 is 0 Å². The van der Waals surface area contributed by atoms with E-state index in [0.717, 1.165) is 0 Å². The lowest BCUT2D eigenvalue weighted by molar-refractivity contribution is 0.0683. The summed E-state index contributed by atoms with van der Waals surface area (Å²) < 4.78 is 7.33. The molecular weight excluding hydrogens is 332 g/mol. The SMILES string of the molecule is CO[C@@H]1C[C@@H](c2nnc3cnccn23)N(C(=O)c2cccc(C#N)c2)C1. The molecule has 8 heteroatoms. The van der Waals surface area contributed by atoms with Gasteiger partial charge in [-0.3, -0.25) is 14.2 Å². The fourth-order valence-corrected chi connectivity index (χ4v) is 3.32. The summed E-state index contributed by atoms with van der Waals surface area (Å²) in [5, 5.41) is 17.5. The molecule has 130 valence electrons. The van der Waals surface area contributed by atoms with Crippen LogP contribution >= 0.6 is 0 Å². The van der Waals surface area contributed by atoms with Crippen LogP contribution in [0.1, 0.15) is 34.2 Å². The Labute approximate surface area is 149 Å². The predicted octanol–water partition coefficient (Wildman–Crippen LogP) is 1.60. The van der Waals surface area contributed by atoms with E-state index in [9.17, 15) is 4.79 Å². The number of methoxy groups -OCH3 is 1. The first kappa shape index (κ1) is 16.2. The second-order valence-corrected chi connectivity index (χ2v) is 6.12. The van der Waals surface area contributed by atoms with Gasteiger partial charge in [-0.15, -0.1) is 10.2 Å². The number of benzene rings is 1. The number of nitrogens with zero attached hydrogens (tertiary/aromatic N) is 6. The van der Waals surface area contributed by atoms with Gasteiger partial charge in [0.15, 0.2) is 11.5 Å². The van der Waals surface area contributed by atoms with Crippen LogP contribution < -0.4 is 0 Å². The second-order valence-electron chi connectivity index (χ2n) is 6.12. The highest BCUT2D eigenvalue weighted by atomic mass is 16.5. The van der Waals surface area contributed by atoms with Gasteiger partial charge in [-0.25, -0.2) is 0 Å². The van der Waals surface area contributed by atoms with Gasteiger partial charge in [0.1, 0.15) is 0 Å². The van der Waals surface area contributed by atoms with Crippen molar-refractivity contribution in [3.63, 3.8) is 0 Å². The first-order valence-corrected chi connectivity index (χ1v) is 8.20. The van der Waals surface area contributed by atoms with Crippen molar-refractivity contribution in [1.82, 2.24) is 24.5 Å². The molecule has 2 aromatic heterocycles. The van der Waals surface area contributed by atoms with Crippen molar-refractivity contribution in [1.29, 1.82) is 5.26 Å². The highest BCUT2D eigenvalue weighted by Crippen LogP contribution is 2.33. The molecule has 0 saturated carbocycles. The number of aromatic nitrogens is 4. The van der Waals surface area contributed by atoms with E-state index < -0.39 is 0 Å². The van der Waals surface area contributed by atoms with Gasteiger partial charge in [0, 0.05) is 38.0 Å². The van der Waals surface area contributed by atoms with E-state index in [1.54, 1.807) is 54.9 Å². The van der Waals surface area contributed by atoms with Gasteiger partial charge < -0.3 is 9.64 Å². The third-order valence-electron chi connectivity index (χ3n) is 4.63. The number of amides is 1. The van der Waals surface area contributed by atoms with Gasteiger partial charge in [0.05, 0.1) is 30.0 Å². The van der Waals surface area contributed by atoms with E-state index in [1.807, 2.05) is 4.40 Å². The van der Waals surface area contributed by atoms with E-state index in [4.69, 9.17) is 10.00 Å². The van der Waals surface area contributed by atoms with Crippen LogP contribution in [0.5, 0.6) is 0 Å². The Morgan fingerprint density at radius 2 is 2.27 bits per heavy atom. The van der Waals surface area contributed by atoms with E-state index in [0.29, 0.717) is 35.6 Å². The fourth-order valence-electron chi connectivity index (χ4n) is 3.32. The Bertz CT molecular complexity index is 1010. The number of rotatable bonds is 3. The molecule has 1 aliphatic heterocycles. The van der Waals surface area contributed by atoms with Gasteiger partial charge in [0.25, 0.3) is 5.91 Å². The molecule has 1 saturated heterocycles. The van der Waals surface area contributed by atoms with Crippen molar-refractivity contribution in [2.75, 3.05) is 13.7 Å². The largest absolute Gasteiger partial charge is 0.380 e. The molecule has 1 aromatic carbocycles. The molecule has 1 fully saturated rings. The average molecular weight is 348 g/mol. The normalized spacial score (nSPS) is 19.6. The van der Waals surface area contributed by atoms with Crippen LogP contribution in [0.15, 0.2) is 42.9 Å². The Morgan fingerprint density at radius 3 is 3.08 bits per heavy atom. The lowest BCUT2D eigenvalue weighted by Gasteiger charge is -2.23. The Hall–Kier alpha value is -3.31. The number of carbonyl (C=O) groups excluding carboxylic acids is 1. The van der Waals surface area contributed by atoms with Crippen molar-refractivity contribution >= 4 is 11.6 Å². The first-order chi connectivity index (χ1) is 12.7. The number of carbonyl (C=O) groups is 1. The fraction of sp³-hybridized carbons (Fsp3) is 0.278. The summed E-state index contributed by atoms with van der Waals surface area (Å²) in [6.45, 7) is 0.455. The molecule has 3 heterocycles. The van der Waals surface area contributed by atoms with E-state index in [2.05, 4.69) is 21.3 Å². The van der Waals surface area contributed by atoms with Crippen molar-refractivity contribution in [3.05, 3.63) is 59.8 Å². The summed E-state index contributed by atoms with van der Waals surface area (Å²) in [5.41, 5.74) is 1.55. The quantitative estimate of drug-likeness (QED) is 0.713. The zero-order chi connectivity index (χ0) is 18.1. The smallest absolute Gasteiger partial charge is 0.254 e. The zero-order valence-corrected chi connectivity index (χ0v) is 14.1. The van der Waals surface area contributed by atoms with Gasteiger partial charge >= 0.3 is 0 Å². The number of fused-ring (bicyclic) bond motifs is 1. The number of likely N-dealkylation sites (tertiary alicyclic amines) is 1. The molecule has 4 rings (SSSR count). The first-order valence-electron chi connectivity index (χ1n) is 8.20. The molecule has 0 spiro atoms. The third-order valence-corrected chi connectivity index (χ3v) is 4.63. The number of nitriles is 1. The topological polar surface area (TPSA) is 96.4 Å². The van der Waals surface area contributed by atoms with E-state index in [-0.39, 0.29) is 18.1 Å². The molecule has 0 bridgehead atoms. The van der Waals surface area contributed by atoms with Crippen LogP contribution in [0.2, 0.25) is 0 Å². The highest BCUT2D eigenvalue weighted by Gasteiger charge is 2.39. The van der Waals surface area contributed by atoms with Crippen molar-refractivity contribution in [2.45, 2.75) is 18.6 Å². The van der Waals surface area contributed by atoms with Crippen LogP contribution in [0.3, 0.4) is 0 Å². The van der Waals surface area contributed by atoms with Crippen LogP contribution in [0.25, 0.3) is 5.65 Å². The summed E-state index contributed by atoms with van der Waals surface area (Å²) in [4.78, 5) is 18.9. The number of hydrogen-bond donors (Lipinski definition) is 0. The molecular formula is C18H16N6O2. The van der Waals surface area contributed by atoms with Crippen LogP contribution in [0, 0.1) is 11.3 Å². The van der Waals surface area contributed by atoms with Crippen LogP contribution in [0.4, 0.5) is 0 Å². The minimum absolute atomic E-state index is 0.0858. The summed E-state index contributed by atoms with van der Waals surface area (Å²) in [6.07, 6.45) is 5.61. The summed E-state index contributed by atoms with van der Waals surface area (Å²) in [5.74, 6) is 0.518. The van der Waals surface area contributed by atoms with Gasteiger partial charge in [-0.2, -0.15) is 5.26 Å². The Kier molecular flexibility index (Phi) is 4.07. The lowest BCUT2D eigenvalue weighted by atomic mass is 10.1. The maximum atomic E-state index is 13.1. The van der Waals surface area contributed by atoms with Gasteiger partial charge in [-0.1, -0.05) is 6.07 Å². The minimum atomic E-state index is -0.268. The van der Waals surface area contributed by atoms with Gasteiger partial charge in [-0.05, 0) is 18.2 Å². The molecule has 0 unspecified atom stereocenters. The monoisotopic (exact) mass is 348 g/mol. The number of hydrogen-bond acceptors (Lipinski definition) is 6. The second kappa shape index (κ2) is 6.54. The molecule has 26 heavy (non-hydrogen) atoms. The molecule has 0 radical (unpaired) electrons. The average Bonchev–Trinajstić information content (AvgIpc) is 3.31. The molecule has 3 aromatic rings. The van der Waals surface area contributed by atoms with E-state index in [1.165, 1.54) is 0 Å². The van der Waals surface area contributed by atoms with Crippen LogP contribution in [-0.2, 0) is 4.74 Å². The van der Waals surface area contributed by atoms with Crippen molar-refractivity contribution in [3.8, 4) is 6.07 Å². The molecule has 0 aliphatic carbocycles. The van der Waals surface area contributed by atoms with Crippen molar-refractivity contribution < 1.29 is 9.53 Å². The maximum absolute atomic E-state index is 13.1. The van der Waals surface area contributed by atoms with Crippen LogP contribution in [-0.4, -0.2) is 50.1 Å². The lowest BCUT2D eigenvalue weighted by Crippen LogP contribution is -2.32. The summed E-state index contributed by atoms with van der Waals surface area (Å²) in [6, 6.07) is 8.50. The molecule has 8 nitrogen and oxygen atoms in total. The van der Waals surface area contributed by atoms with Gasteiger partial charge in [0.2, 0.25) is 0 Å². The Morgan fingerprint density at radius 1 is 1.38 bits per heavy atom. The minimum Gasteiger partial charge on any atom is -0.380 e.